The van der Waals surface area contributed by atoms with Gasteiger partial charge in [0.05, 0.1) is 24.9 Å². The van der Waals surface area contributed by atoms with E-state index < -0.39 is 0 Å². The van der Waals surface area contributed by atoms with E-state index in [1.54, 1.807) is 7.11 Å². The lowest BCUT2D eigenvalue weighted by Crippen LogP contribution is -2.32. The van der Waals surface area contributed by atoms with Crippen LogP contribution in [0.25, 0.3) is 16.6 Å². The number of fused-ring (bicyclic) bond motifs is 1. The summed E-state index contributed by atoms with van der Waals surface area (Å²) in [5.74, 6) is 2.74. The van der Waals surface area contributed by atoms with Gasteiger partial charge in [-0.05, 0) is 74.7 Å². The Bertz CT molecular complexity index is 1300. The fourth-order valence-electron chi connectivity index (χ4n) is 4.63. The van der Waals surface area contributed by atoms with E-state index in [-0.39, 0.29) is 0 Å². The Kier molecular flexibility index (Phi) is 6.20. The zero-order valence-corrected chi connectivity index (χ0v) is 20.5. The zero-order valence-electron chi connectivity index (χ0n) is 20.5. The summed E-state index contributed by atoms with van der Waals surface area (Å²) in [7, 11) is 1.69. The molecule has 0 atom stereocenters. The Morgan fingerprint density at radius 3 is 2.50 bits per heavy atom. The first-order valence-corrected chi connectivity index (χ1v) is 11.9. The number of methoxy groups -OCH3 is 1. The number of nitrogens with zero attached hydrogens (tertiary/aromatic N) is 6. The number of aromatic nitrogens is 4. The molecular weight excluding hydrogens is 424 g/mol. The minimum absolute atomic E-state index is 0.808. The molecule has 2 aromatic heterocycles. The van der Waals surface area contributed by atoms with E-state index in [0.717, 1.165) is 79.0 Å². The maximum absolute atomic E-state index is 5.29. The molecule has 5 rings (SSSR count). The van der Waals surface area contributed by atoms with Gasteiger partial charge in [0.15, 0.2) is 0 Å². The van der Waals surface area contributed by atoms with Crippen molar-refractivity contribution in [2.24, 2.45) is 0 Å². The third kappa shape index (κ3) is 4.48. The van der Waals surface area contributed by atoms with E-state index in [2.05, 4.69) is 64.4 Å². The van der Waals surface area contributed by atoms with Crippen molar-refractivity contribution in [3.8, 4) is 11.4 Å². The summed E-state index contributed by atoms with van der Waals surface area (Å²) in [6.07, 6.45) is 4.96. The molecule has 1 aliphatic rings. The molecule has 1 saturated heterocycles. The van der Waals surface area contributed by atoms with E-state index >= 15 is 0 Å². The summed E-state index contributed by atoms with van der Waals surface area (Å²) in [6.45, 7) is 11.0. The lowest BCUT2D eigenvalue weighted by molar-refractivity contribution is 0.277. The first-order valence-electron chi connectivity index (χ1n) is 11.9. The highest BCUT2D eigenvalue weighted by Crippen LogP contribution is 2.24. The van der Waals surface area contributed by atoms with Crippen LogP contribution in [0, 0.1) is 20.8 Å². The standard InChI is InChI=1S/C27H32N6O/c1-19-16-24-21(3)29-27(30-25(24)17-20(19)2)32-12-5-11-31(14-15-32)18-26-28-10-13-33(26)22-6-8-23(34-4)9-7-22/h6-10,13,16-17H,5,11-12,14-15,18H2,1-4H3. The van der Waals surface area contributed by atoms with Gasteiger partial charge in [0.25, 0.3) is 0 Å². The van der Waals surface area contributed by atoms with E-state index in [9.17, 15) is 0 Å². The molecule has 1 fully saturated rings. The summed E-state index contributed by atoms with van der Waals surface area (Å²) < 4.78 is 7.45. The molecule has 4 aromatic rings. The Balaban J connectivity index is 1.30. The molecule has 1 aliphatic heterocycles. The van der Waals surface area contributed by atoms with E-state index in [1.807, 2.05) is 24.5 Å². The number of anilines is 1. The van der Waals surface area contributed by atoms with Crippen LogP contribution in [0.15, 0.2) is 48.8 Å². The van der Waals surface area contributed by atoms with Crippen molar-refractivity contribution in [3.63, 3.8) is 0 Å². The summed E-state index contributed by atoms with van der Waals surface area (Å²) in [5, 5.41) is 1.15. The van der Waals surface area contributed by atoms with Gasteiger partial charge in [0.1, 0.15) is 11.6 Å². The quantitative estimate of drug-likeness (QED) is 0.442. The van der Waals surface area contributed by atoms with Gasteiger partial charge in [-0.15, -0.1) is 0 Å². The van der Waals surface area contributed by atoms with Crippen molar-refractivity contribution >= 4 is 16.9 Å². The average Bonchev–Trinajstić information content (AvgIpc) is 3.17. The van der Waals surface area contributed by atoms with Crippen LogP contribution >= 0.6 is 0 Å². The van der Waals surface area contributed by atoms with Gasteiger partial charge in [-0.2, -0.15) is 0 Å². The van der Waals surface area contributed by atoms with Gasteiger partial charge >= 0.3 is 0 Å². The lowest BCUT2D eigenvalue weighted by atomic mass is 10.1. The molecule has 0 aliphatic carbocycles. The smallest absolute Gasteiger partial charge is 0.226 e. The minimum Gasteiger partial charge on any atom is -0.497 e. The molecule has 0 saturated carbocycles. The molecule has 34 heavy (non-hydrogen) atoms. The second kappa shape index (κ2) is 9.43. The topological polar surface area (TPSA) is 59.3 Å². The largest absolute Gasteiger partial charge is 0.497 e. The Hall–Kier alpha value is -3.45. The third-order valence-electron chi connectivity index (χ3n) is 6.79. The molecule has 3 heterocycles. The van der Waals surface area contributed by atoms with Crippen LogP contribution in [0.5, 0.6) is 5.75 Å². The lowest BCUT2D eigenvalue weighted by Gasteiger charge is -2.23. The maximum atomic E-state index is 5.29. The van der Waals surface area contributed by atoms with E-state index in [4.69, 9.17) is 14.7 Å². The second-order valence-electron chi connectivity index (χ2n) is 9.09. The molecule has 7 nitrogen and oxygen atoms in total. The van der Waals surface area contributed by atoms with Crippen molar-refractivity contribution in [1.82, 2.24) is 24.4 Å². The number of hydrogen-bond donors (Lipinski definition) is 0. The summed E-state index contributed by atoms with van der Waals surface area (Å²) in [4.78, 5) is 19.3. The highest BCUT2D eigenvalue weighted by molar-refractivity contribution is 5.83. The van der Waals surface area contributed by atoms with Crippen molar-refractivity contribution in [2.45, 2.75) is 33.7 Å². The molecule has 0 N–H and O–H groups in total. The van der Waals surface area contributed by atoms with Gasteiger partial charge < -0.3 is 14.2 Å². The van der Waals surface area contributed by atoms with Crippen molar-refractivity contribution in [3.05, 3.63) is 71.4 Å². The zero-order chi connectivity index (χ0) is 23.7. The minimum atomic E-state index is 0.808. The maximum Gasteiger partial charge on any atom is 0.226 e. The number of rotatable bonds is 5. The summed E-state index contributed by atoms with van der Waals surface area (Å²) in [5.41, 5.74) is 5.73. The van der Waals surface area contributed by atoms with Crippen molar-refractivity contribution in [1.29, 1.82) is 0 Å². The van der Waals surface area contributed by atoms with Crippen molar-refractivity contribution < 1.29 is 4.74 Å². The molecular formula is C27H32N6O. The normalized spacial score (nSPS) is 15.0. The number of benzene rings is 2. The SMILES string of the molecule is COc1ccc(-n2ccnc2CN2CCCN(c3nc(C)c4cc(C)c(C)cc4n3)CC2)cc1. The van der Waals surface area contributed by atoms with Gasteiger partial charge in [0, 0.05) is 49.6 Å². The van der Waals surface area contributed by atoms with Crippen LogP contribution < -0.4 is 9.64 Å². The third-order valence-corrected chi connectivity index (χ3v) is 6.79. The van der Waals surface area contributed by atoms with Gasteiger partial charge in [-0.25, -0.2) is 15.0 Å². The predicted octanol–water partition coefficient (Wildman–Crippen LogP) is 4.46. The summed E-state index contributed by atoms with van der Waals surface area (Å²) >= 11 is 0. The molecule has 176 valence electrons. The molecule has 0 radical (unpaired) electrons. The fraction of sp³-hybridized carbons (Fsp3) is 0.370. The molecule has 2 aromatic carbocycles. The summed E-state index contributed by atoms with van der Waals surface area (Å²) in [6, 6.07) is 12.5. The monoisotopic (exact) mass is 456 g/mol. The van der Waals surface area contributed by atoms with Gasteiger partial charge in [-0.1, -0.05) is 0 Å². The van der Waals surface area contributed by atoms with Gasteiger partial charge in [0.2, 0.25) is 5.95 Å². The Morgan fingerprint density at radius 1 is 0.912 bits per heavy atom. The molecule has 0 spiro atoms. The number of imidazole rings is 1. The van der Waals surface area contributed by atoms with Crippen LogP contribution in [0.2, 0.25) is 0 Å². The first kappa shape index (κ1) is 22.3. The first-order chi connectivity index (χ1) is 16.5. The Morgan fingerprint density at radius 2 is 1.71 bits per heavy atom. The van der Waals surface area contributed by atoms with E-state index in [1.165, 1.54) is 11.1 Å². The molecule has 0 unspecified atom stereocenters. The number of aryl methyl sites for hydroxylation is 3. The number of ether oxygens (including phenoxy) is 1. The van der Waals surface area contributed by atoms with Crippen LogP contribution in [-0.2, 0) is 6.54 Å². The highest BCUT2D eigenvalue weighted by Gasteiger charge is 2.20. The molecule has 7 heteroatoms. The molecule has 0 amide bonds. The second-order valence-corrected chi connectivity index (χ2v) is 9.09. The number of hydrogen-bond acceptors (Lipinski definition) is 6. The van der Waals surface area contributed by atoms with Crippen LogP contribution in [0.4, 0.5) is 5.95 Å². The molecule has 0 bridgehead atoms. The van der Waals surface area contributed by atoms with Crippen LogP contribution in [0.3, 0.4) is 0 Å². The predicted molar refractivity (Wildman–Crippen MR) is 136 cm³/mol. The van der Waals surface area contributed by atoms with Crippen LogP contribution in [0.1, 0.15) is 29.1 Å². The highest BCUT2D eigenvalue weighted by atomic mass is 16.5. The average molecular weight is 457 g/mol. The van der Waals surface area contributed by atoms with E-state index in [0.29, 0.717) is 0 Å². The fourth-order valence-corrected chi connectivity index (χ4v) is 4.63. The van der Waals surface area contributed by atoms with Gasteiger partial charge in [-0.3, -0.25) is 4.90 Å². The van der Waals surface area contributed by atoms with Crippen LogP contribution in [-0.4, -0.2) is 57.7 Å². The van der Waals surface area contributed by atoms with Crippen molar-refractivity contribution in [2.75, 3.05) is 38.2 Å². The Labute approximate surface area is 201 Å².